The zero-order valence-corrected chi connectivity index (χ0v) is 11.0. The summed E-state index contributed by atoms with van der Waals surface area (Å²) in [5, 5.41) is 14.8. The van der Waals surface area contributed by atoms with Crippen molar-refractivity contribution in [2.24, 2.45) is 0 Å². The third kappa shape index (κ3) is 6.96. The summed E-state index contributed by atoms with van der Waals surface area (Å²) in [6.45, 7) is 10.1. The average Bonchev–Trinajstić information content (AvgIpc) is 2.63. The molecule has 2 N–H and O–H groups in total. The van der Waals surface area contributed by atoms with E-state index in [-0.39, 0.29) is 0 Å². The maximum Gasteiger partial charge on any atom is 0.101 e. The second-order valence-corrected chi connectivity index (χ2v) is 3.71. The molecule has 0 fully saturated rings. The molecule has 0 bridgehead atoms. The lowest BCUT2D eigenvalue weighted by molar-refractivity contribution is 1.09. The van der Waals surface area contributed by atoms with Gasteiger partial charge in [0.1, 0.15) is 5.69 Å². The maximum atomic E-state index is 6.94. The molecular formula is C11H21N3S. The van der Waals surface area contributed by atoms with Gasteiger partial charge in [-0.2, -0.15) is 0 Å². The van der Waals surface area contributed by atoms with E-state index in [1.165, 1.54) is 30.2 Å². The van der Waals surface area contributed by atoms with Gasteiger partial charge < -0.3 is 10.8 Å². The van der Waals surface area contributed by atoms with E-state index in [4.69, 9.17) is 10.8 Å². The first-order chi connectivity index (χ1) is 7.19. The molecule has 0 aliphatic carbocycles. The Labute approximate surface area is 96.6 Å². The van der Waals surface area contributed by atoms with Crippen LogP contribution in [0.1, 0.15) is 49.7 Å². The van der Waals surface area contributed by atoms with Gasteiger partial charge in [0, 0.05) is 12.4 Å². The molecule has 0 saturated carbocycles. The Hall–Kier alpha value is -1.03. The van der Waals surface area contributed by atoms with E-state index in [0.29, 0.717) is 5.69 Å². The van der Waals surface area contributed by atoms with Crippen LogP contribution >= 0.6 is 11.3 Å². The number of nitrogens with zero attached hydrogens (tertiary/aromatic N) is 1. The summed E-state index contributed by atoms with van der Waals surface area (Å²) < 4.78 is 0. The Bertz CT molecular complexity index is 254. The Morgan fingerprint density at radius 2 is 1.67 bits per heavy atom. The summed E-state index contributed by atoms with van der Waals surface area (Å²) in [6.07, 6.45) is 3.65. The average molecular weight is 227 g/mol. The minimum Gasteiger partial charge on any atom is -0.307 e. The normalized spacial score (nSPS) is 7.80. The number of thiazole rings is 1. The standard InChI is InChI=1S/C6H7N3S.C3H8.C2H6/c1-4-9-5(2-7)6(3-8)10-4;1-3-2;1-2/h2-3,7-8H,1H3;3H2,1-2H3;1-2H3. The predicted octanol–water partition coefficient (Wildman–Crippen LogP) is 3.89. The number of nitrogens with one attached hydrogen (secondary N) is 2. The van der Waals surface area contributed by atoms with Crippen LogP contribution in [0.15, 0.2) is 0 Å². The fourth-order valence-corrected chi connectivity index (χ4v) is 1.40. The van der Waals surface area contributed by atoms with E-state index in [0.717, 1.165) is 9.88 Å². The third-order valence-electron chi connectivity index (χ3n) is 1.06. The number of hydrogen-bond acceptors (Lipinski definition) is 4. The summed E-state index contributed by atoms with van der Waals surface area (Å²) in [6, 6.07) is 0. The van der Waals surface area contributed by atoms with Crippen molar-refractivity contribution < 1.29 is 0 Å². The van der Waals surface area contributed by atoms with Crippen LogP contribution in [0.2, 0.25) is 0 Å². The molecule has 0 aromatic carbocycles. The first-order valence-corrected chi connectivity index (χ1v) is 5.99. The molecule has 86 valence electrons. The van der Waals surface area contributed by atoms with E-state index >= 15 is 0 Å². The quantitative estimate of drug-likeness (QED) is 0.740. The Morgan fingerprint density at radius 1 is 1.20 bits per heavy atom. The number of rotatable bonds is 2. The van der Waals surface area contributed by atoms with Crippen LogP contribution in [0.4, 0.5) is 0 Å². The molecule has 0 radical (unpaired) electrons. The van der Waals surface area contributed by atoms with Crippen molar-refractivity contribution >= 4 is 23.8 Å². The van der Waals surface area contributed by atoms with Gasteiger partial charge in [0.2, 0.25) is 0 Å². The molecule has 1 rings (SSSR count). The van der Waals surface area contributed by atoms with Crippen molar-refractivity contribution in [3.63, 3.8) is 0 Å². The molecule has 0 amide bonds. The van der Waals surface area contributed by atoms with E-state index < -0.39 is 0 Å². The molecule has 0 atom stereocenters. The molecule has 0 spiro atoms. The van der Waals surface area contributed by atoms with Crippen molar-refractivity contribution in [1.82, 2.24) is 4.98 Å². The highest BCUT2D eigenvalue weighted by Crippen LogP contribution is 2.13. The first kappa shape index (κ1) is 16.4. The summed E-state index contributed by atoms with van der Waals surface area (Å²) in [4.78, 5) is 4.78. The molecular weight excluding hydrogens is 206 g/mol. The van der Waals surface area contributed by atoms with Crippen LogP contribution in [0.5, 0.6) is 0 Å². The molecule has 1 aromatic heterocycles. The molecule has 3 nitrogen and oxygen atoms in total. The van der Waals surface area contributed by atoms with Crippen molar-refractivity contribution in [2.45, 2.75) is 41.0 Å². The van der Waals surface area contributed by atoms with Gasteiger partial charge in [-0.3, -0.25) is 0 Å². The van der Waals surface area contributed by atoms with Gasteiger partial charge in [-0.25, -0.2) is 4.98 Å². The smallest absolute Gasteiger partial charge is 0.101 e. The highest BCUT2D eigenvalue weighted by Gasteiger charge is 2.01. The van der Waals surface area contributed by atoms with Crippen LogP contribution in [0, 0.1) is 17.7 Å². The van der Waals surface area contributed by atoms with Crippen LogP contribution < -0.4 is 0 Å². The zero-order valence-electron chi connectivity index (χ0n) is 10.2. The molecule has 0 saturated heterocycles. The molecule has 1 aromatic rings. The highest BCUT2D eigenvalue weighted by atomic mass is 32.1. The van der Waals surface area contributed by atoms with Gasteiger partial charge >= 0.3 is 0 Å². The molecule has 15 heavy (non-hydrogen) atoms. The minimum atomic E-state index is 0.595. The summed E-state index contributed by atoms with van der Waals surface area (Å²) in [5.41, 5.74) is 0.595. The molecule has 4 heteroatoms. The van der Waals surface area contributed by atoms with Crippen molar-refractivity contribution in [3.8, 4) is 0 Å². The first-order valence-electron chi connectivity index (χ1n) is 5.17. The van der Waals surface area contributed by atoms with Crippen LogP contribution in [0.25, 0.3) is 0 Å². The van der Waals surface area contributed by atoms with Gasteiger partial charge in [-0.15, -0.1) is 11.3 Å². The minimum absolute atomic E-state index is 0.595. The lowest BCUT2D eigenvalue weighted by Crippen LogP contribution is -1.84. The fraction of sp³-hybridized carbons (Fsp3) is 0.545. The van der Waals surface area contributed by atoms with E-state index in [9.17, 15) is 0 Å². The molecule has 1 heterocycles. The van der Waals surface area contributed by atoms with Gasteiger partial charge in [-0.05, 0) is 6.92 Å². The van der Waals surface area contributed by atoms with E-state index in [1.807, 2.05) is 20.8 Å². The van der Waals surface area contributed by atoms with Crippen LogP contribution in [-0.4, -0.2) is 17.4 Å². The topological polar surface area (TPSA) is 60.6 Å². The van der Waals surface area contributed by atoms with Gasteiger partial charge in [0.25, 0.3) is 0 Å². The van der Waals surface area contributed by atoms with E-state index in [1.54, 1.807) is 0 Å². The van der Waals surface area contributed by atoms with Crippen LogP contribution in [0.3, 0.4) is 0 Å². The summed E-state index contributed by atoms with van der Waals surface area (Å²) >= 11 is 1.43. The number of aromatic nitrogens is 1. The second kappa shape index (κ2) is 11.0. The number of hydrogen-bond donors (Lipinski definition) is 2. The van der Waals surface area contributed by atoms with Crippen molar-refractivity contribution in [1.29, 1.82) is 10.8 Å². The highest BCUT2D eigenvalue weighted by molar-refractivity contribution is 7.13. The fourth-order valence-electron chi connectivity index (χ4n) is 0.666. The Kier molecular flexibility index (Phi) is 12.1. The molecule has 0 unspecified atom stereocenters. The van der Waals surface area contributed by atoms with Crippen LogP contribution in [-0.2, 0) is 0 Å². The Balaban J connectivity index is 0. The Morgan fingerprint density at radius 3 is 1.93 bits per heavy atom. The van der Waals surface area contributed by atoms with Gasteiger partial charge in [0.15, 0.2) is 0 Å². The zero-order chi connectivity index (χ0) is 12.3. The van der Waals surface area contributed by atoms with E-state index in [2.05, 4.69) is 18.8 Å². The largest absolute Gasteiger partial charge is 0.307 e. The SMILES string of the molecule is CC.CCC.Cc1nc(C=N)c(C=N)s1. The lowest BCUT2D eigenvalue weighted by atomic mass is 10.4. The van der Waals surface area contributed by atoms with Crippen molar-refractivity contribution in [2.75, 3.05) is 0 Å². The van der Waals surface area contributed by atoms with Gasteiger partial charge in [-0.1, -0.05) is 34.1 Å². The van der Waals surface area contributed by atoms with Gasteiger partial charge in [0.05, 0.1) is 9.88 Å². The lowest BCUT2D eigenvalue weighted by Gasteiger charge is -1.80. The summed E-state index contributed by atoms with van der Waals surface area (Å²) in [5.74, 6) is 0. The summed E-state index contributed by atoms with van der Waals surface area (Å²) in [7, 11) is 0. The molecule has 0 aliphatic rings. The monoisotopic (exact) mass is 227 g/mol. The predicted molar refractivity (Wildman–Crippen MR) is 69.9 cm³/mol. The maximum absolute atomic E-state index is 6.94. The number of aryl methyl sites for hydroxylation is 1. The second-order valence-electron chi connectivity index (χ2n) is 2.48. The third-order valence-corrected chi connectivity index (χ3v) is 1.99. The molecule has 0 aliphatic heterocycles. The van der Waals surface area contributed by atoms with Crippen molar-refractivity contribution in [3.05, 3.63) is 15.6 Å².